The number of hydrogen-bond acceptors (Lipinski definition) is 1. The summed E-state index contributed by atoms with van der Waals surface area (Å²) in [7, 11) is 0. The Morgan fingerprint density at radius 2 is 1.06 bits per heavy atom. The van der Waals surface area contributed by atoms with Gasteiger partial charge in [-0.1, -0.05) is 103 Å². The van der Waals surface area contributed by atoms with Crippen LogP contribution in [0.25, 0.3) is 0 Å². The van der Waals surface area contributed by atoms with Crippen molar-refractivity contribution in [3.05, 3.63) is 29.8 Å². The Hall–Kier alpha value is -0.980. The molecule has 2 aliphatic rings. The van der Waals surface area contributed by atoms with Gasteiger partial charge in [0.1, 0.15) is 5.75 Å². The molecule has 32 heavy (non-hydrogen) atoms. The van der Waals surface area contributed by atoms with Crippen molar-refractivity contribution in [3.8, 4) is 5.75 Å². The molecular weight excluding hydrogens is 388 g/mol. The van der Waals surface area contributed by atoms with Gasteiger partial charge in [0.2, 0.25) is 0 Å². The zero-order chi connectivity index (χ0) is 22.4. The molecule has 0 saturated heterocycles. The van der Waals surface area contributed by atoms with Crippen LogP contribution in [0.2, 0.25) is 0 Å². The SMILES string of the molecule is CCCCC[C@H]1CC[C@H](CCCOc2ccc([C@H]3CC[C@H](CCCCC)CC3)cc2)CC1. The van der Waals surface area contributed by atoms with Gasteiger partial charge in [0, 0.05) is 0 Å². The highest BCUT2D eigenvalue weighted by atomic mass is 16.5. The molecule has 0 spiro atoms. The lowest BCUT2D eigenvalue weighted by Crippen LogP contribution is -2.15. The van der Waals surface area contributed by atoms with E-state index in [0.717, 1.165) is 36.0 Å². The Balaban J connectivity index is 1.26. The molecule has 0 amide bonds. The average Bonchev–Trinajstić information content (AvgIpc) is 2.84. The molecule has 1 aromatic rings. The lowest BCUT2D eigenvalue weighted by Gasteiger charge is -2.29. The largest absolute Gasteiger partial charge is 0.494 e. The standard InChI is InChI=1S/C31H52O/c1-3-5-7-10-26-13-15-28(16-14-26)12-9-25-32-31-23-21-30(22-24-31)29-19-17-27(18-20-29)11-8-6-4-2/h21-24,26-29H,3-20,25H2,1-2H3/t26-,27-,28-,29-. The third kappa shape index (κ3) is 9.11. The number of unbranched alkanes of at least 4 members (excludes halogenated alkanes) is 4. The van der Waals surface area contributed by atoms with Gasteiger partial charge in [0.25, 0.3) is 0 Å². The predicted octanol–water partition coefficient (Wildman–Crippen LogP) is 10.1. The van der Waals surface area contributed by atoms with E-state index >= 15 is 0 Å². The summed E-state index contributed by atoms with van der Waals surface area (Å²) in [5, 5.41) is 0. The summed E-state index contributed by atoms with van der Waals surface area (Å²) in [4.78, 5) is 0. The first-order valence-corrected chi connectivity index (χ1v) is 14.5. The van der Waals surface area contributed by atoms with Crippen molar-refractivity contribution in [2.24, 2.45) is 17.8 Å². The number of benzene rings is 1. The second-order valence-electron chi connectivity index (χ2n) is 11.2. The van der Waals surface area contributed by atoms with Gasteiger partial charge in [-0.3, -0.25) is 0 Å². The van der Waals surface area contributed by atoms with Crippen LogP contribution in [0.15, 0.2) is 24.3 Å². The highest BCUT2D eigenvalue weighted by Crippen LogP contribution is 2.38. The summed E-state index contributed by atoms with van der Waals surface area (Å²) in [5.74, 6) is 4.84. The average molecular weight is 441 g/mol. The van der Waals surface area contributed by atoms with Gasteiger partial charge >= 0.3 is 0 Å². The second kappa shape index (κ2) is 15.0. The zero-order valence-electron chi connectivity index (χ0n) is 21.5. The van der Waals surface area contributed by atoms with Crippen LogP contribution in [0.3, 0.4) is 0 Å². The first-order chi connectivity index (χ1) is 15.8. The van der Waals surface area contributed by atoms with Crippen LogP contribution in [0, 0.1) is 17.8 Å². The van der Waals surface area contributed by atoms with Crippen LogP contribution in [0.5, 0.6) is 5.75 Å². The lowest BCUT2D eigenvalue weighted by molar-refractivity contribution is 0.228. The molecule has 0 heterocycles. The normalized spacial score (nSPS) is 26.2. The van der Waals surface area contributed by atoms with Gasteiger partial charge in [-0.15, -0.1) is 0 Å². The van der Waals surface area contributed by atoms with Crippen LogP contribution in [0.1, 0.15) is 141 Å². The molecule has 1 heteroatoms. The van der Waals surface area contributed by atoms with Gasteiger partial charge in [0.05, 0.1) is 6.61 Å². The molecule has 0 N–H and O–H groups in total. The third-order valence-electron chi connectivity index (χ3n) is 8.62. The lowest BCUT2D eigenvalue weighted by atomic mass is 9.77. The van der Waals surface area contributed by atoms with Crippen LogP contribution < -0.4 is 4.74 Å². The van der Waals surface area contributed by atoms with Crippen LogP contribution >= 0.6 is 0 Å². The quantitative estimate of drug-likeness (QED) is 0.261. The van der Waals surface area contributed by atoms with Crippen LogP contribution in [-0.2, 0) is 0 Å². The van der Waals surface area contributed by atoms with Crippen molar-refractivity contribution in [2.75, 3.05) is 6.61 Å². The molecule has 0 unspecified atom stereocenters. The topological polar surface area (TPSA) is 9.23 Å². The number of hydrogen-bond donors (Lipinski definition) is 0. The van der Waals surface area contributed by atoms with Crippen molar-refractivity contribution >= 4 is 0 Å². The predicted molar refractivity (Wildman–Crippen MR) is 140 cm³/mol. The number of ether oxygens (including phenoxy) is 1. The molecule has 182 valence electrons. The Bertz CT molecular complexity index is 575. The number of rotatable bonds is 14. The minimum atomic E-state index is 0.781. The summed E-state index contributed by atoms with van der Waals surface area (Å²) < 4.78 is 6.10. The Morgan fingerprint density at radius 3 is 1.56 bits per heavy atom. The van der Waals surface area contributed by atoms with E-state index in [2.05, 4.69) is 38.1 Å². The van der Waals surface area contributed by atoms with Crippen LogP contribution in [0.4, 0.5) is 0 Å². The van der Waals surface area contributed by atoms with Gasteiger partial charge in [0.15, 0.2) is 0 Å². The maximum absolute atomic E-state index is 6.10. The molecule has 0 atom stereocenters. The molecular formula is C31H52O. The first-order valence-electron chi connectivity index (χ1n) is 14.5. The fourth-order valence-electron chi connectivity index (χ4n) is 6.36. The summed E-state index contributed by atoms with van der Waals surface area (Å²) in [5.41, 5.74) is 1.54. The zero-order valence-corrected chi connectivity index (χ0v) is 21.5. The van der Waals surface area contributed by atoms with E-state index in [1.165, 1.54) is 116 Å². The minimum absolute atomic E-state index is 0.781. The van der Waals surface area contributed by atoms with E-state index < -0.39 is 0 Å². The van der Waals surface area contributed by atoms with Gasteiger partial charge in [-0.25, -0.2) is 0 Å². The molecule has 1 aromatic carbocycles. The molecule has 1 nitrogen and oxygen atoms in total. The third-order valence-corrected chi connectivity index (χ3v) is 8.62. The van der Waals surface area contributed by atoms with E-state index in [1.54, 1.807) is 5.56 Å². The molecule has 3 rings (SSSR count). The molecule has 0 aliphatic heterocycles. The van der Waals surface area contributed by atoms with Crippen molar-refractivity contribution in [1.29, 1.82) is 0 Å². The fourth-order valence-corrected chi connectivity index (χ4v) is 6.36. The second-order valence-corrected chi connectivity index (χ2v) is 11.2. The highest BCUT2D eigenvalue weighted by Gasteiger charge is 2.22. The Kier molecular flexibility index (Phi) is 12.0. The van der Waals surface area contributed by atoms with E-state index in [0.29, 0.717) is 0 Å². The fraction of sp³-hybridized carbons (Fsp3) is 0.806. The molecule has 0 aromatic heterocycles. The van der Waals surface area contributed by atoms with Crippen molar-refractivity contribution in [2.45, 2.75) is 135 Å². The van der Waals surface area contributed by atoms with E-state index in [9.17, 15) is 0 Å². The molecule has 0 bridgehead atoms. The maximum atomic E-state index is 6.10. The van der Waals surface area contributed by atoms with Gasteiger partial charge in [-0.05, 0) is 79.9 Å². The summed E-state index contributed by atoms with van der Waals surface area (Å²) in [6, 6.07) is 9.14. The van der Waals surface area contributed by atoms with E-state index in [-0.39, 0.29) is 0 Å². The Morgan fingerprint density at radius 1 is 0.594 bits per heavy atom. The van der Waals surface area contributed by atoms with Crippen molar-refractivity contribution in [3.63, 3.8) is 0 Å². The molecule has 2 fully saturated rings. The van der Waals surface area contributed by atoms with Crippen molar-refractivity contribution in [1.82, 2.24) is 0 Å². The summed E-state index contributed by atoms with van der Waals surface area (Å²) in [6.07, 6.45) is 25.5. The highest BCUT2D eigenvalue weighted by molar-refractivity contribution is 5.29. The van der Waals surface area contributed by atoms with Gasteiger partial charge < -0.3 is 4.74 Å². The van der Waals surface area contributed by atoms with Gasteiger partial charge in [-0.2, -0.15) is 0 Å². The summed E-state index contributed by atoms with van der Waals surface area (Å²) >= 11 is 0. The molecule has 0 radical (unpaired) electrons. The minimum Gasteiger partial charge on any atom is -0.494 e. The van der Waals surface area contributed by atoms with E-state index in [1.807, 2.05) is 0 Å². The molecule has 2 saturated carbocycles. The monoisotopic (exact) mass is 440 g/mol. The van der Waals surface area contributed by atoms with Crippen LogP contribution in [-0.4, -0.2) is 6.61 Å². The summed E-state index contributed by atoms with van der Waals surface area (Å²) in [6.45, 7) is 5.51. The molecule has 2 aliphatic carbocycles. The maximum Gasteiger partial charge on any atom is 0.119 e. The first kappa shape index (κ1) is 25.6. The smallest absolute Gasteiger partial charge is 0.119 e. The Labute approximate surface area is 200 Å². The van der Waals surface area contributed by atoms with Crippen molar-refractivity contribution < 1.29 is 4.74 Å². The van der Waals surface area contributed by atoms with E-state index in [4.69, 9.17) is 4.74 Å².